The van der Waals surface area contributed by atoms with Gasteiger partial charge in [-0.15, -0.1) is 10.2 Å². The lowest BCUT2D eigenvalue weighted by Crippen LogP contribution is -2.22. The summed E-state index contributed by atoms with van der Waals surface area (Å²) in [6, 6.07) is 20.6. The molecule has 0 atom stereocenters. The fourth-order valence-electron chi connectivity index (χ4n) is 3.47. The van der Waals surface area contributed by atoms with E-state index >= 15 is 0 Å². The number of rotatable bonds is 8. The number of methoxy groups -OCH3 is 1. The highest BCUT2D eigenvalue weighted by molar-refractivity contribution is 7.13. The number of carbonyl (C=O) groups excluding carboxylic acids is 1. The van der Waals surface area contributed by atoms with Crippen molar-refractivity contribution in [2.24, 2.45) is 0 Å². The van der Waals surface area contributed by atoms with E-state index in [0.717, 1.165) is 28.3 Å². The number of carbonyl (C=O) groups is 1. The molecule has 0 aliphatic rings. The second-order valence-electron chi connectivity index (χ2n) is 7.89. The number of amides is 1. The van der Waals surface area contributed by atoms with E-state index in [1.54, 1.807) is 7.11 Å². The predicted octanol–water partition coefficient (Wildman–Crippen LogP) is 4.57. The molecule has 0 saturated heterocycles. The van der Waals surface area contributed by atoms with Crippen LogP contribution in [0.3, 0.4) is 0 Å². The van der Waals surface area contributed by atoms with Gasteiger partial charge in [-0.25, -0.2) is 0 Å². The largest absolute Gasteiger partial charge is 0.497 e. The Morgan fingerprint density at radius 2 is 1.69 bits per heavy atom. The van der Waals surface area contributed by atoms with E-state index in [0.29, 0.717) is 18.1 Å². The Hall–Kier alpha value is -3.29. The maximum atomic E-state index is 12.4. The first-order valence-electron chi connectivity index (χ1n) is 10.4. The normalized spacial score (nSPS) is 11.1. The van der Waals surface area contributed by atoms with E-state index in [4.69, 9.17) is 4.74 Å². The number of benzene rings is 3. The molecule has 164 valence electrons. The molecule has 0 saturated carbocycles. The van der Waals surface area contributed by atoms with Crippen LogP contribution in [0.15, 0.2) is 60.7 Å². The quantitative estimate of drug-likeness (QED) is 0.429. The Labute approximate surface area is 191 Å². The van der Waals surface area contributed by atoms with Crippen molar-refractivity contribution in [3.05, 3.63) is 87.4 Å². The average molecular weight is 447 g/mol. The van der Waals surface area contributed by atoms with E-state index in [1.165, 1.54) is 27.8 Å². The Morgan fingerprint density at radius 3 is 2.47 bits per heavy atom. The van der Waals surface area contributed by atoms with Crippen LogP contribution >= 0.6 is 11.3 Å². The number of aromatic nitrogens is 2. The zero-order valence-electron chi connectivity index (χ0n) is 18.5. The number of aryl methyl sites for hydroxylation is 1. The fraction of sp³-hybridized carbons (Fsp3) is 0.240. The van der Waals surface area contributed by atoms with Gasteiger partial charge in [0.1, 0.15) is 10.8 Å². The summed E-state index contributed by atoms with van der Waals surface area (Å²) in [4.78, 5) is 14.6. The zero-order valence-corrected chi connectivity index (χ0v) is 19.3. The molecule has 7 heteroatoms. The summed E-state index contributed by atoms with van der Waals surface area (Å²) in [5.41, 5.74) is 3.47. The van der Waals surface area contributed by atoms with Gasteiger partial charge in [0, 0.05) is 13.1 Å². The van der Waals surface area contributed by atoms with Gasteiger partial charge in [-0.3, -0.25) is 9.69 Å². The van der Waals surface area contributed by atoms with Crippen molar-refractivity contribution in [1.82, 2.24) is 20.4 Å². The lowest BCUT2D eigenvalue weighted by molar-refractivity contribution is 0.0950. The Balaban J connectivity index is 1.33. The first-order valence-corrected chi connectivity index (χ1v) is 11.2. The van der Waals surface area contributed by atoms with Gasteiger partial charge in [0.2, 0.25) is 5.01 Å². The van der Waals surface area contributed by atoms with Crippen LogP contribution in [0.2, 0.25) is 0 Å². The second-order valence-corrected chi connectivity index (χ2v) is 8.95. The van der Waals surface area contributed by atoms with Crippen LogP contribution in [0.25, 0.3) is 10.8 Å². The molecule has 0 aliphatic heterocycles. The van der Waals surface area contributed by atoms with Crippen molar-refractivity contribution in [3.8, 4) is 5.75 Å². The van der Waals surface area contributed by atoms with Crippen LogP contribution in [0.1, 0.15) is 31.5 Å². The lowest BCUT2D eigenvalue weighted by Gasteiger charge is -2.15. The Kier molecular flexibility index (Phi) is 6.78. The van der Waals surface area contributed by atoms with Gasteiger partial charge in [-0.05, 0) is 54.1 Å². The molecule has 0 spiro atoms. The van der Waals surface area contributed by atoms with Gasteiger partial charge in [0.15, 0.2) is 0 Å². The summed E-state index contributed by atoms with van der Waals surface area (Å²) in [5, 5.41) is 14.7. The minimum absolute atomic E-state index is 0.193. The fourth-order valence-corrected chi connectivity index (χ4v) is 4.31. The SMILES string of the molecule is COc1ccc2cc(CN(C)Cc3nnc(C(=O)NCc4ccc(C)cc4)s3)ccc2c1. The monoisotopic (exact) mass is 446 g/mol. The van der Waals surface area contributed by atoms with Gasteiger partial charge < -0.3 is 10.1 Å². The molecule has 0 radical (unpaired) electrons. The zero-order chi connectivity index (χ0) is 22.5. The van der Waals surface area contributed by atoms with Gasteiger partial charge in [0.25, 0.3) is 5.91 Å². The van der Waals surface area contributed by atoms with E-state index in [-0.39, 0.29) is 5.91 Å². The summed E-state index contributed by atoms with van der Waals surface area (Å²) in [5.74, 6) is 0.666. The van der Waals surface area contributed by atoms with Crippen molar-refractivity contribution >= 4 is 28.0 Å². The molecule has 4 aromatic rings. The maximum absolute atomic E-state index is 12.4. The van der Waals surface area contributed by atoms with Crippen LogP contribution in [-0.2, 0) is 19.6 Å². The van der Waals surface area contributed by atoms with E-state index in [9.17, 15) is 4.79 Å². The van der Waals surface area contributed by atoms with Crippen molar-refractivity contribution in [2.75, 3.05) is 14.2 Å². The topological polar surface area (TPSA) is 67.3 Å². The molecule has 0 unspecified atom stereocenters. The summed E-state index contributed by atoms with van der Waals surface area (Å²) in [7, 11) is 3.72. The summed E-state index contributed by atoms with van der Waals surface area (Å²) < 4.78 is 5.30. The van der Waals surface area contributed by atoms with Crippen LogP contribution in [-0.4, -0.2) is 35.2 Å². The van der Waals surface area contributed by atoms with Crippen molar-refractivity contribution in [2.45, 2.75) is 26.6 Å². The molecule has 1 N–H and O–H groups in total. The molecule has 0 fully saturated rings. The number of ether oxygens (including phenoxy) is 1. The van der Waals surface area contributed by atoms with Crippen molar-refractivity contribution < 1.29 is 9.53 Å². The number of nitrogens with zero attached hydrogens (tertiary/aromatic N) is 3. The number of hydrogen-bond acceptors (Lipinski definition) is 6. The molecule has 32 heavy (non-hydrogen) atoms. The lowest BCUT2D eigenvalue weighted by atomic mass is 10.1. The van der Waals surface area contributed by atoms with Crippen LogP contribution in [0.4, 0.5) is 0 Å². The Bertz CT molecular complexity index is 1220. The van der Waals surface area contributed by atoms with Crippen molar-refractivity contribution in [1.29, 1.82) is 0 Å². The summed E-state index contributed by atoms with van der Waals surface area (Å²) >= 11 is 1.33. The van der Waals surface area contributed by atoms with Crippen molar-refractivity contribution in [3.63, 3.8) is 0 Å². The third kappa shape index (κ3) is 5.49. The molecule has 6 nitrogen and oxygen atoms in total. The molecule has 1 heterocycles. The van der Waals surface area contributed by atoms with Gasteiger partial charge >= 0.3 is 0 Å². The highest BCUT2D eigenvalue weighted by Crippen LogP contribution is 2.23. The number of hydrogen-bond donors (Lipinski definition) is 1. The highest BCUT2D eigenvalue weighted by atomic mass is 32.1. The molecule has 1 aromatic heterocycles. The van der Waals surface area contributed by atoms with Crippen LogP contribution in [0.5, 0.6) is 5.75 Å². The minimum atomic E-state index is -0.193. The van der Waals surface area contributed by atoms with Crippen LogP contribution < -0.4 is 10.1 Å². The molecular formula is C25H26N4O2S. The van der Waals surface area contributed by atoms with E-state index in [1.807, 2.05) is 50.4 Å². The number of fused-ring (bicyclic) bond motifs is 1. The summed E-state index contributed by atoms with van der Waals surface area (Å²) in [6.45, 7) is 3.92. The third-order valence-corrected chi connectivity index (χ3v) is 6.11. The first kappa shape index (κ1) is 21.9. The first-order chi connectivity index (χ1) is 15.5. The molecule has 0 bridgehead atoms. The van der Waals surface area contributed by atoms with Gasteiger partial charge in [0.05, 0.1) is 13.7 Å². The van der Waals surface area contributed by atoms with E-state index < -0.39 is 0 Å². The molecular weight excluding hydrogens is 420 g/mol. The second kappa shape index (κ2) is 9.89. The minimum Gasteiger partial charge on any atom is -0.497 e. The third-order valence-electron chi connectivity index (χ3n) is 5.20. The maximum Gasteiger partial charge on any atom is 0.282 e. The number of nitrogens with one attached hydrogen (secondary N) is 1. The molecule has 4 rings (SSSR count). The van der Waals surface area contributed by atoms with Crippen LogP contribution in [0, 0.1) is 6.92 Å². The molecule has 1 amide bonds. The Morgan fingerprint density at radius 1 is 0.969 bits per heavy atom. The van der Waals surface area contributed by atoms with Gasteiger partial charge in [-0.2, -0.15) is 0 Å². The van der Waals surface area contributed by atoms with Gasteiger partial charge in [-0.1, -0.05) is 59.4 Å². The highest BCUT2D eigenvalue weighted by Gasteiger charge is 2.14. The predicted molar refractivity (Wildman–Crippen MR) is 128 cm³/mol. The standard InChI is InChI=1S/C25H26N4O2S/c1-17-4-6-18(7-5-17)14-26-24(30)25-28-27-23(32-25)16-29(2)15-19-8-9-21-13-22(31-3)11-10-20(21)12-19/h4-13H,14-16H2,1-3H3,(H,26,30). The summed E-state index contributed by atoms with van der Waals surface area (Å²) in [6.07, 6.45) is 0. The smallest absolute Gasteiger partial charge is 0.282 e. The average Bonchev–Trinajstić information content (AvgIpc) is 3.26. The molecule has 3 aromatic carbocycles. The molecule has 0 aliphatic carbocycles. The van der Waals surface area contributed by atoms with E-state index in [2.05, 4.69) is 44.7 Å².